The standard InChI is InChI=1S/C14H15NO2S/c1-2-10-4-3-5-11(8-10)15-9-12-6-7-13(18-12)14(16)17/h3-8,15H,2,9H2,1H3,(H,16,17). The number of carbonyl (C=O) groups is 1. The van der Waals surface area contributed by atoms with Crippen molar-refractivity contribution < 1.29 is 9.90 Å². The third-order valence-corrected chi connectivity index (χ3v) is 3.75. The number of carboxylic acid groups (broad SMARTS) is 1. The van der Waals surface area contributed by atoms with Crippen molar-refractivity contribution in [3.05, 3.63) is 51.7 Å². The van der Waals surface area contributed by atoms with Crippen LogP contribution in [0.25, 0.3) is 0 Å². The van der Waals surface area contributed by atoms with Crippen LogP contribution in [-0.4, -0.2) is 11.1 Å². The minimum Gasteiger partial charge on any atom is -0.477 e. The van der Waals surface area contributed by atoms with Crippen LogP contribution < -0.4 is 5.32 Å². The largest absolute Gasteiger partial charge is 0.477 e. The Kier molecular flexibility index (Phi) is 3.99. The number of hydrogen-bond donors (Lipinski definition) is 2. The summed E-state index contributed by atoms with van der Waals surface area (Å²) in [5, 5.41) is 12.1. The quantitative estimate of drug-likeness (QED) is 0.864. The summed E-state index contributed by atoms with van der Waals surface area (Å²) >= 11 is 1.31. The highest BCUT2D eigenvalue weighted by atomic mass is 32.1. The van der Waals surface area contributed by atoms with E-state index in [1.807, 2.05) is 18.2 Å². The fraction of sp³-hybridized carbons (Fsp3) is 0.214. The molecule has 3 nitrogen and oxygen atoms in total. The summed E-state index contributed by atoms with van der Waals surface area (Å²) in [4.78, 5) is 12.2. The lowest BCUT2D eigenvalue weighted by atomic mass is 10.1. The monoisotopic (exact) mass is 261 g/mol. The van der Waals surface area contributed by atoms with E-state index in [9.17, 15) is 4.79 Å². The van der Waals surface area contributed by atoms with Gasteiger partial charge in [0.25, 0.3) is 0 Å². The normalized spacial score (nSPS) is 10.3. The first-order chi connectivity index (χ1) is 8.69. The molecule has 18 heavy (non-hydrogen) atoms. The summed E-state index contributed by atoms with van der Waals surface area (Å²) in [5.41, 5.74) is 2.36. The number of hydrogen-bond acceptors (Lipinski definition) is 3. The molecule has 0 fully saturated rings. The zero-order valence-corrected chi connectivity index (χ0v) is 11.0. The lowest BCUT2D eigenvalue weighted by molar-refractivity contribution is 0.0702. The Hall–Kier alpha value is -1.81. The average molecular weight is 261 g/mol. The first-order valence-corrected chi connectivity index (χ1v) is 6.65. The lowest BCUT2D eigenvalue weighted by Crippen LogP contribution is -1.97. The van der Waals surface area contributed by atoms with Crippen LogP contribution in [0.15, 0.2) is 36.4 Å². The molecule has 0 saturated heterocycles. The van der Waals surface area contributed by atoms with Crippen molar-refractivity contribution in [2.24, 2.45) is 0 Å². The maximum absolute atomic E-state index is 10.8. The molecule has 0 aliphatic rings. The van der Waals surface area contributed by atoms with E-state index in [-0.39, 0.29) is 0 Å². The van der Waals surface area contributed by atoms with E-state index < -0.39 is 5.97 Å². The molecule has 94 valence electrons. The molecule has 1 heterocycles. The molecule has 0 aliphatic carbocycles. The van der Waals surface area contributed by atoms with Crippen LogP contribution in [-0.2, 0) is 13.0 Å². The summed E-state index contributed by atoms with van der Waals surface area (Å²) < 4.78 is 0. The van der Waals surface area contributed by atoms with Gasteiger partial charge in [0, 0.05) is 17.1 Å². The van der Waals surface area contributed by atoms with Gasteiger partial charge in [0.05, 0.1) is 0 Å². The molecule has 4 heteroatoms. The van der Waals surface area contributed by atoms with E-state index in [1.165, 1.54) is 16.9 Å². The van der Waals surface area contributed by atoms with Crippen molar-refractivity contribution in [1.82, 2.24) is 0 Å². The van der Waals surface area contributed by atoms with Crippen LogP contribution in [0.1, 0.15) is 27.0 Å². The minimum atomic E-state index is -0.862. The van der Waals surface area contributed by atoms with Gasteiger partial charge >= 0.3 is 5.97 Å². The van der Waals surface area contributed by atoms with Gasteiger partial charge in [-0.25, -0.2) is 4.79 Å². The van der Waals surface area contributed by atoms with Gasteiger partial charge in [-0.15, -0.1) is 11.3 Å². The number of aryl methyl sites for hydroxylation is 1. The molecule has 0 atom stereocenters. The Morgan fingerprint density at radius 2 is 2.17 bits per heavy atom. The van der Waals surface area contributed by atoms with Crippen LogP contribution in [0, 0.1) is 0 Å². The molecule has 0 radical (unpaired) electrons. The van der Waals surface area contributed by atoms with E-state index in [0.717, 1.165) is 17.0 Å². The van der Waals surface area contributed by atoms with Gasteiger partial charge in [-0.1, -0.05) is 19.1 Å². The van der Waals surface area contributed by atoms with Gasteiger partial charge in [0.1, 0.15) is 4.88 Å². The molecule has 2 rings (SSSR count). The zero-order chi connectivity index (χ0) is 13.0. The molecule has 2 aromatic rings. The van der Waals surface area contributed by atoms with Gasteiger partial charge in [-0.2, -0.15) is 0 Å². The van der Waals surface area contributed by atoms with Crippen molar-refractivity contribution in [2.75, 3.05) is 5.32 Å². The van der Waals surface area contributed by atoms with Crippen LogP contribution in [0.5, 0.6) is 0 Å². The van der Waals surface area contributed by atoms with E-state index >= 15 is 0 Å². The number of carboxylic acids is 1. The van der Waals surface area contributed by atoms with Crippen molar-refractivity contribution in [2.45, 2.75) is 19.9 Å². The van der Waals surface area contributed by atoms with Crippen molar-refractivity contribution >= 4 is 23.0 Å². The third-order valence-electron chi connectivity index (χ3n) is 2.67. The zero-order valence-electron chi connectivity index (χ0n) is 10.1. The van der Waals surface area contributed by atoms with Gasteiger partial charge in [-0.3, -0.25) is 0 Å². The molecular weight excluding hydrogens is 246 g/mol. The molecule has 0 spiro atoms. The number of benzene rings is 1. The van der Waals surface area contributed by atoms with E-state index in [4.69, 9.17) is 5.11 Å². The van der Waals surface area contributed by atoms with E-state index in [1.54, 1.807) is 6.07 Å². The molecular formula is C14H15NO2S. The SMILES string of the molecule is CCc1cccc(NCc2ccc(C(=O)O)s2)c1. The molecule has 1 aromatic carbocycles. The summed E-state index contributed by atoms with van der Waals surface area (Å²) in [5.74, 6) is -0.862. The summed E-state index contributed by atoms with van der Waals surface area (Å²) in [7, 11) is 0. The molecule has 0 saturated carbocycles. The Morgan fingerprint density at radius 1 is 1.33 bits per heavy atom. The minimum absolute atomic E-state index is 0.383. The highest BCUT2D eigenvalue weighted by Crippen LogP contribution is 2.18. The summed E-state index contributed by atoms with van der Waals surface area (Å²) in [6.45, 7) is 2.78. The first kappa shape index (κ1) is 12.6. The van der Waals surface area contributed by atoms with Gasteiger partial charge in [-0.05, 0) is 36.2 Å². The van der Waals surface area contributed by atoms with E-state index in [2.05, 4.69) is 24.4 Å². The molecule has 0 aliphatic heterocycles. The van der Waals surface area contributed by atoms with Gasteiger partial charge in [0.15, 0.2) is 0 Å². The lowest BCUT2D eigenvalue weighted by Gasteiger charge is -2.06. The predicted molar refractivity (Wildman–Crippen MR) is 74.4 cm³/mol. The molecule has 2 N–H and O–H groups in total. The third kappa shape index (κ3) is 3.11. The van der Waals surface area contributed by atoms with Crippen LogP contribution in [0.4, 0.5) is 5.69 Å². The fourth-order valence-corrected chi connectivity index (χ4v) is 2.46. The predicted octanol–water partition coefficient (Wildman–Crippen LogP) is 3.62. The highest BCUT2D eigenvalue weighted by molar-refractivity contribution is 7.13. The van der Waals surface area contributed by atoms with E-state index in [0.29, 0.717) is 11.4 Å². The Balaban J connectivity index is 1.99. The topological polar surface area (TPSA) is 49.3 Å². The Labute approximate surface area is 110 Å². The molecule has 1 aromatic heterocycles. The maximum atomic E-state index is 10.8. The van der Waals surface area contributed by atoms with Crippen molar-refractivity contribution in [3.63, 3.8) is 0 Å². The fourth-order valence-electron chi connectivity index (χ4n) is 1.68. The first-order valence-electron chi connectivity index (χ1n) is 5.84. The number of aromatic carboxylic acids is 1. The summed E-state index contributed by atoms with van der Waals surface area (Å²) in [6.07, 6.45) is 1.01. The number of nitrogens with one attached hydrogen (secondary N) is 1. The second-order valence-electron chi connectivity index (χ2n) is 3.98. The van der Waals surface area contributed by atoms with Crippen LogP contribution in [0.3, 0.4) is 0 Å². The highest BCUT2D eigenvalue weighted by Gasteiger charge is 2.06. The van der Waals surface area contributed by atoms with Gasteiger partial charge in [0.2, 0.25) is 0 Å². The average Bonchev–Trinajstić information content (AvgIpc) is 2.85. The number of anilines is 1. The Bertz CT molecular complexity index is 548. The molecule has 0 unspecified atom stereocenters. The smallest absolute Gasteiger partial charge is 0.345 e. The number of thiophene rings is 1. The summed E-state index contributed by atoms with van der Waals surface area (Å²) in [6, 6.07) is 11.8. The number of rotatable bonds is 5. The van der Waals surface area contributed by atoms with Crippen LogP contribution >= 0.6 is 11.3 Å². The van der Waals surface area contributed by atoms with Crippen LogP contribution in [0.2, 0.25) is 0 Å². The van der Waals surface area contributed by atoms with Gasteiger partial charge < -0.3 is 10.4 Å². The molecule has 0 amide bonds. The second-order valence-corrected chi connectivity index (χ2v) is 5.15. The van der Waals surface area contributed by atoms with Crippen molar-refractivity contribution in [1.29, 1.82) is 0 Å². The Morgan fingerprint density at radius 3 is 2.83 bits per heavy atom. The second kappa shape index (κ2) is 5.69. The molecule has 0 bridgehead atoms. The van der Waals surface area contributed by atoms with Crippen molar-refractivity contribution in [3.8, 4) is 0 Å². The maximum Gasteiger partial charge on any atom is 0.345 e.